The highest BCUT2D eigenvalue weighted by Gasteiger charge is 2.08. The Labute approximate surface area is 76.3 Å². The maximum atomic E-state index is 11.1. The van der Waals surface area contributed by atoms with E-state index in [0.717, 1.165) is 10.8 Å². The molecule has 0 heterocycles. The molecule has 0 fully saturated rings. The van der Waals surface area contributed by atoms with Crippen LogP contribution in [-0.2, 0) is 8.87 Å². The zero-order valence-corrected chi connectivity index (χ0v) is 8.28. The van der Waals surface area contributed by atoms with E-state index in [1.807, 2.05) is 6.07 Å². The Kier molecular flexibility index (Phi) is 3.17. The summed E-state index contributed by atoms with van der Waals surface area (Å²) in [6.45, 7) is 1.63. The second kappa shape index (κ2) is 3.96. The van der Waals surface area contributed by atoms with Crippen LogP contribution >= 0.6 is 10.8 Å². The first-order valence-electron chi connectivity index (χ1n) is 3.53. The SMILES string of the molecule is CCS(=O)(=O)Sc1[c]cccc1. The topological polar surface area (TPSA) is 34.1 Å². The fraction of sp³-hybridized carbons (Fsp3) is 0.250. The minimum absolute atomic E-state index is 0.153. The summed E-state index contributed by atoms with van der Waals surface area (Å²) in [4.78, 5) is 0.652. The fourth-order valence-electron chi connectivity index (χ4n) is 0.624. The quantitative estimate of drug-likeness (QED) is 0.701. The maximum absolute atomic E-state index is 11.1. The molecule has 65 valence electrons. The predicted octanol–water partition coefficient (Wildman–Crippen LogP) is 1.93. The lowest BCUT2D eigenvalue weighted by molar-refractivity contribution is 0.611. The minimum Gasteiger partial charge on any atom is -0.217 e. The highest BCUT2D eigenvalue weighted by atomic mass is 33.1. The molecule has 0 atom stereocenters. The highest BCUT2D eigenvalue weighted by molar-refractivity contribution is 8.72. The van der Waals surface area contributed by atoms with Crippen LogP contribution in [0.4, 0.5) is 0 Å². The summed E-state index contributed by atoms with van der Waals surface area (Å²) >= 11 is 0. The van der Waals surface area contributed by atoms with Crippen LogP contribution in [0.2, 0.25) is 0 Å². The van der Waals surface area contributed by atoms with Gasteiger partial charge in [0.15, 0.2) is 0 Å². The second-order valence-electron chi connectivity index (χ2n) is 2.16. The summed E-state index contributed by atoms with van der Waals surface area (Å²) < 4.78 is 22.2. The molecule has 0 unspecified atom stereocenters. The zero-order chi connectivity index (χ0) is 9.03. The first-order valence-corrected chi connectivity index (χ1v) is 6.51. The predicted molar refractivity (Wildman–Crippen MR) is 50.6 cm³/mol. The van der Waals surface area contributed by atoms with E-state index in [4.69, 9.17) is 0 Å². The molecule has 0 bridgehead atoms. The van der Waals surface area contributed by atoms with E-state index in [2.05, 4.69) is 6.07 Å². The van der Waals surface area contributed by atoms with Gasteiger partial charge in [-0.3, -0.25) is 0 Å². The van der Waals surface area contributed by atoms with Gasteiger partial charge in [-0.25, -0.2) is 8.42 Å². The molecule has 0 saturated heterocycles. The van der Waals surface area contributed by atoms with Crippen molar-refractivity contribution in [2.75, 3.05) is 5.75 Å². The van der Waals surface area contributed by atoms with Crippen molar-refractivity contribution < 1.29 is 8.42 Å². The van der Waals surface area contributed by atoms with Gasteiger partial charge in [-0.05, 0) is 12.1 Å². The van der Waals surface area contributed by atoms with Crippen molar-refractivity contribution in [3.05, 3.63) is 30.3 Å². The summed E-state index contributed by atoms with van der Waals surface area (Å²) in [6.07, 6.45) is 0. The summed E-state index contributed by atoms with van der Waals surface area (Å²) in [6, 6.07) is 9.88. The largest absolute Gasteiger partial charge is 0.217 e. The fourth-order valence-corrected chi connectivity index (χ4v) is 2.75. The van der Waals surface area contributed by atoms with Crippen molar-refractivity contribution >= 4 is 19.7 Å². The third-order valence-electron chi connectivity index (χ3n) is 1.25. The van der Waals surface area contributed by atoms with Gasteiger partial charge in [0.05, 0.1) is 5.75 Å². The summed E-state index contributed by atoms with van der Waals surface area (Å²) in [5, 5.41) is 0. The molecule has 0 aliphatic rings. The van der Waals surface area contributed by atoms with Gasteiger partial charge in [-0.2, -0.15) is 0 Å². The summed E-state index contributed by atoms with van der Waals surface area (Å²) in [7, 11) is -2.12. The lowest BCUT2D eigenvalue weighted by atomic mass is 10.4. The van der Waals surface area contributed by atoms with Crippen LogP contribution in [0.5, 0.6) is 0 Å². The molecule has 0 amide bonds. The maximum Gasteiger partial charge on any atom is 0.205 e. The molecular formula is C8H9O2S2. The molecule has 0 aliphatic carbocycles. The summed E-state index contributed by atoms with van der Waals surface area (Å²) in [5.74, 6) is 0.153. The van der Waals surface area contributed by atoms with E-state index in [-0.39, 0.29) is 5.75 Å². The van der Waals surface area contributed by atoms with Crippen LogP contribution in [0.3, 0.4) is 0 Å². The minimum atomic E-state index is -2.99. The summed E-state index contributed by atoms with van der Waals surface area (Å²) in [5.41, 5.74) is 0. The lowest BCUT2D eigenvalue weighted by Gasteiger charge is -1.98. The molecule has 0 saturated carbocycles. The van der Waals surface area contributed by atoms with E-state index in [1.165, 1.54) is 0 Å². The first-order chi connectivity index (χ1) is 5.64. The number of benzene rings is 1. The van der Waals surface area contributed by atoms with Crippen molar-refractivity contribution in [1.29, 1.82) is 0 Å². The monoisotopic (exact) mass is 201 g/mol. The molecule has 1 aromatic rings. The van der Waals surface area contributed by atoms with Gasteiger partial charge in [0, 0.05) is 15.7 Å². The van der Waals surface area contributed by atoms with Gasteiger partial charge in [-0.15, -0.1) is 0 Å². The molecule has 1 radical (unpaired) electrons. The van der Waals surface area contributed by atoms with E-state index in [0.29, 0.717) is 4.90 Å². The number of hydrogen-bond donors (Lipinski definition) is 0. The molecule has 0 aromatic heterocycles. The van der Waals surface area contributed by atoms with Crippen molar-refractivity contribution in [3.8, 4) is 0 Å². The number of hydrogen-bond acceptors (Lipinski definition) is 3. The van der Waals surface area contributed by atoms with Crippen LogP contribution < -0.4 is 0 Å². The Balaban J connectivity index is 2.78. The van der Waals surface area contributed by atoms with Crippen molar-refractivity contribution in [2.45, 2.75) is 11.8 Å². The van der Waals surface area contributed by atoms with E-state index in [9.17, 15) is 8.42 Å². The molecule has 4 heteroatoms. The van der Waals surface area contributed by atoms with E-state index in [1.54, 1.807) is 25.1 Å². The first kappa shape index (κ1) is 9.61. The second-order valence-corrected chi connectivity index (χ2v) is 6.48. The standard InChI is InChI=1S/C8H9O2S2/c1-2-12(9,10)11-8-6-4-3-5-7-8/h3-6H,2H2,1H3. The molecule has 1 rings (SSSR count). The van der Waals surface area contributed by atoms with Gasteiger partial charge in [0.2, 0.25) is 8.87 Å². The van der Waals surface area contributed by atoms with Crippen molar-refractivity contribution in [2.24, 2.45) is 0 Å². The Hall–Kier alpha value is -0.480. The molecule has 0 aliphatic heterocycles. The molecule has 0 spiro atoms. The van der Waals surface area contributed by atoms with Gasteiger partial charge in [0.25, 0.3) is 0 Å². The van der Waals surface area contributed by atoms with E-state index < -0.39 is 8.87 Å². The van der Waals surface area contributed by atoms with Gasteiger partial charge >= 0.3 is 0 Å². The van der Waals surface area contributed by atoms with Crippen molar-refractivity contribution in [1.82, 2.24) is 0 Å². The normalized spacial score (nSPS) is 11.4. The number of rotatable bonds is 3. The third-order valence-corrected chi connectivity index (χ3v) is 4.65. The Morgan fingerprint density at radius 3 is 2.75 bits per heavy atom. The van der Waals surface area contributed by atoms with Crippen LogP contribution in [0, 0.1) is 6.07 Å². The van der Waals surface area contributed by atoms with Crippen LogP contribution in [-0.4, -0.2) is 14.2 Å². The molecule has 0 N–H and O–H groups in total. The van der Waals surface area contributed by atoms with Crippen LogP contribution in [0.1, 0.15) is 6.92 Å². The van der Waals surface area contributed by atoms with E-state index >= 15 is 0 Å². The molecule has 12 heavy (non-hydrogen) atoms. The lowest BCUT2D eigenvalue weighted by Crippen LogP contribution is -1.95. The van der Waals surface area contributed by atoms with Gasteiger partial charge < -0.3 is 0 Å². The van der Waals surface area contributed by atoms with Crippen LogP contribution in [0.25, 0.3) is 0 Å². The Morgan fingerprint density at radius 1 is 1.50 bits per heavy atom. The van der Waals surface area contributed by atoms with Gasteiger partial charge in [0.1, 0.15) is 0 Å². The molecule has 1 aromatic carbocycles. The zero-order valence-electron chi connectivity index (χ0n) is 6.65. The van der Waals surface area contributed by atoms with Gasteiger partial charge in [-0.1, -0.05) is 25.1 Å². The smallest absolute Gasteiger partial charge is 0.205 e. The third kappa shape index (κ3) is 2.87. The molecule has 2 nitrogen and oxygen atoms in total. The Morgan fingerprint density at radius 2 is 2.25 bits per heavy atom. The average molecular weight is 201 g/mol. The molecular weight excluding hydrogens is 192 g/mol. The highest BCUT2D eigenvalue weighted by Crippen LogP contribution is 2.23. The van der Waals surface area contributed by atoms with Crippen LogP contribution in [0.15, 0.2) is 29.2 Å². The Bertz CT molecular complexity index is 329. The van der Waals surface area contributed by atoms with Crippen molar-refractivity contribution in [3.63, 3.8) is 0 Å². The average Bonchev–Trinajstić information content (AvgIpc) is 2.06.